The van der Waals surface area contributed by atoms with Crippen LogP contribution in [0.3, 0.4) is 0 Å². The Balaban J connectivity index is 1.97. The van der Waals surface area contributed by atoms with E-state index < -0.39 is 6.10 Å². The van der Waals surface area contributed by atoms with E-state index in [9.17, 15) is 5.11 Å². The first-order chi connectivity index (χ1) is 7.36. The Labute approximate surface area is 93.4 Å². The fourth-order valence-electron chi connectivity index (χ4n) is 1.40. The molecule has 0 radical (unpaired) electrons. The molecule has 15 heavy (non-hydrogen) atoms. The summed E-state index contributed by atoms with van der Waals surface area (Å²) in [6.45, 7) is 1.16. The third-order valence-electron chi connectivity index (χ3n) is 2.20. The van der Waals surface area contributed by atoms with Crippen molar-refractivity contribution in [2.24, 2.45) is 0 Å². The maximum atomic E-state index is 9.78. The molecule has 2 atom stereocenters. The Bertz CT molecular complexity index is 291. The number of ether oxygens (including phenoxy) is 2. The van der Waals surface area contributed by atoms with Crippen LogP contribution in [0.5, 0.6) is 0 Å². The van der Waals surface area contributed by atoms with Crippen LogP contribution in [-0.4, -0.2) is 36.5 Å². The molecular formula is C11H14O3S. The highest BCUT2D eigenvalue weighted by Gasteiger charge is 2.23. The quantitative estimate of drug-likeness (QED) is 0.829. The Morgan fingerprint density at radius 1 is 1.13 bits per heavy atom. The molecule has 1 aliphatic rings. The first-order valence-electron chi connectivity index (χ1n) is 4.91. The van der Waals surface area contributed by atoms with Gasteiger partial charge in [0.25, 0.3) is 0 Å². The van der Waals surface area contributed by atoms with E-state index >= 15 is 0 Å². The zero-order valence-corrected chi connectivity index (χ0v) is 9.15. The molecular weight excluding hydrogens is 212 g/mol. The molecule has 1 heterocycles. The maximum absolute atomic E-state index is 9.78. The molecule has 1 fully saturated rings. The maximum Gasteiger partial charge on any atom is 0.146 e. The van der Waals surface area contributed by atoms with Gasteiger partial charge in [0, 0.05) is 4.90 Å². The van der Waals surface area contributed by atoms with Crippen molar-refractivity contribution in [2.45, 2.75) is 16.2 Å². The standard InChI is InChI=1S/C11H14O3S/c12-10-6-13-8-14-7-11(10)15-9-4-2-1-3-5-9/h1-5,10-12H,6-8H2. The van der Waals surface area contributed by atoms with Crippen molar-refractivity contribution >= 4 is 11.8 Å². The van der Waals surface area contributed by atoms with E-state index in [0.29, 0.717) is 13.2 Å². The second kappa shape index (κ2) is 5.51. The normalized spacial score (nSPS) is 27.3. The van der Waals surface area contributed by atoms with Crippen LogP contribution in [0.15, 0.2) is 35.2 Å². The molecule has 0 spiro atoms. The second-order valence-electron chi connectivity index (χ2n) is 3.40. The molecule has 3 nitrogen and oxygen atoms in total. The van der Waals surface area contributed by atoms with Crippen LogP contribution < -0.4 is 0 Å². The Kier molecular flexibility index (Phi) is 4.02. The number of rotatable bonds is 2. The SMILES string of the molecule is OC1COCOCC1Sc1ccccc1. The Hall–Kier alpha value is -0.550. The van der Waals surface area contributed by atoms with Gasteiger partial charge in [-0.25, -0.2) is 0 Å². The Morgan fingerprint density at radius 2 is 1.87 bits per heavy atom. The van der Waals surface area contributed by atoms with Gasteiger partial charge in [-0.05, 0) is 12.1 Å². The number of benzene rings is 1. The minimum Gasteiger partial charge on any atom is -0.389 e. The van der Waals surface area contributed by atoms with Crippen molar-refractivity contribution in [3.63, 3.8) is 0 Å². The van der Waals surface area contributed by atoms with Gasteiger partial charge in [-0.15, -0.1) is 11.8 Å². The van der Waals surface area contributed by atoms with Crippen molar-refractivity contribution in [3.8, 4) is 0 Å². The lowest BCUT2D eigenvalue weighted by Crippen LogP contribution is -2.28. The molecule has 0 saturated carbocycles. The molecule has 2 unspecified atom stereocenters. The minimum atomic E-state index is -0.460. The van der Waals surface area contributed by atoms with E-state index in [1.165, 1.54) is 0 Å². The topological polar surface area (TPSA) is 38.7 Å². The molecule has 0 bridgehead atoms. The lowest BCUT2D eigenvalue weighted by Gasteiger charge is -2.17. The second-order valence-corrected chi connectivity index (χ2v) is 4.71. The van der Waals surface area contributed by atoms with Crippen LogP contribution in [0.25, 0.3) is 0 Å². The van der Waals surface area contributed by atoms with Gasteiger partial charge in [0.15, 0.2) is 0 Å². The van der Waals surface area contributed by atoms with Crippen LogP contribution in [-0.2, 0) is 9.47 Å². The summed E-state index contributed by atoms with van der Waals surface area (Å²) in [4.78, 5) is 1.15. The highest BCUT2D eigenvalue weighted by Crippen LogP contribution is 2.26. The van der Waals surface area contributed by atoms with Crippen LogP contribution in [0.4, 0.5) is 0 Å². The lowest BCUT2D eigenvalue weighted by molar-refractivity contribution is -0.0420. The van der Waals surface area contributed by atoms with E-state index in [1.807, 2.05) is 30.3 Å². The van der Waals surface area contributed by atoms with Gasteiger partial charge in [0.05, 0.1) is 24.6 Å². The van der Waals surface area contributed by atoms with Crippen LogP contribution in [0, 0.1) is 0 Å². The Morgan fingerprint density at radius 3 is 2.67 bits per heavy atom. The van der Waals surface area contributed by atoms with Crippen LogP contribution in [0.2, 0.25) is 0 Å². The summed E-state index contributed by atoms with van der Waals surface area (Å²) in [7, 11) is 0. The minimum absolute atomic E-state index is 0.0508. The third kappa shape index (κ3) is 3.21. The van der Waals surface area contributed by atoms with Gasteiger partial charge in [0.2, 0.25) is 0 Å². The van der Waals surface area contributed by atoms with Gasteiger partial charge in [-0.3, -0.25) is 0 Å². The fourth-order valence-corrected chi connectivity index (χ4v) is 2.46. The number of aliphatic hydroxyl groups excluding tert-OH is 1. The van der Waals surface area contributed by atoms with E-state index in [2.05, 4.69) is 0 Å². The molecule has 2 rings (SSSR count). The molecule has 1 aliphatic heterocycles. The average Bonchev–Trinajstić information content (AvgIpc) is 2.46. The molecule has 4 heteroatoms. The molecule has 0 aliphatic carbocycles. The van der Waals surface area contributed by atoms with Crippen molar-refractivity contribution in [1.82, 2.24) is 0 Å². The summed E-state index contributed by atoms with van der Waals surface area (Å²) in [6.07, 6.45) is -0.460. The van der Waals surface area contributed by atoms with E-state index in [0.717, 1.165) is 4.90 Å². The highest BCUT2D eigenvalue weighted by atomic mass is 32.2. The summed E-state index contributed by atoms with van der Waals surface area (Å²) in [6, 6.07) is 10.0. The summed E-state index contributed by atoms with van der Waals surface area (Å²) >= 11 is 1.63. The van der Waals surface area contributed by atoms with Gasteiger partial charge in [0.1, 0.15) is 6.79 Å². The zero-order chi connectivity index (χ0) is 10.5. The molecule has 1 saturated heterocycles. The van der Waals surface area contributed by atoms with Gasteiger partial charge >= 0.3 is 0 Å². The molecule has 82 valence electrons. The summed E-state index contributed by atoms with van der Waals surface area (Å²) in [5.74, 6) is 0. The van der Waals surface area contributed by atoms with Crippen molar-refractivity contribution in [2.75, 3.05) is 20.0 Å². The van der Waals surface area contributed by atoms with Crippen molar-refractivity contribution < 1.29 is 14.6 Å². The monoisotopic (exact) mass is 226 g/mol. The summed E-state index contributed by atoms with van der Waals surface area (Å²) in [5, 5.41) is 9.84. The third-order valence-corrected chi connectivity index (χ3v) is 3.49. The van der Waals surface area contributed by atoms with Gasteiger partial charge in [-0.2, -0.15) is 0 Å². The smallest absolute Gasteiger partial charge is 0.146 e. The first kappa shape index (κ1) is 11.0. The van der Waals surface area contributed by atoms with Crippen LogP contribution in [0.1, 0.15) is 0 Å². The van der Waals surface area contributed by atoms with Gasteiger partial charge < -0.3 is 14.6 Å². The number of hydrogen-bond acceptors (Lipinski definition) is 4. The highest BCUT2D eigenvalue weighted by molar-refractivity contribution is 8.00. The molecule has 1 aromatic carbocycles. The van der Waals surface area contributed by atoms with Crippen molar-refractivity contribution in [1.29, 1.82) is 0 Å². The lowest BCUT2D eigenvalue weighted by atomic mass is 10.3. The van der Waals surface area contributed by atoms with Crippen LogP contribution >= 0.6 is 11.8 Å². The molecule has 1 aromatic rings. The summed E-state index contributed by atoms with van der Waals surface area (Å²) < 4.78 is 10.3. The largest absolute Gasteiger partial charge is 0.389 e. The fraction of sp³-hybridized carbons (Fsp3) is 0.455. The number of hydrogen-bond donors (Lipinski definition) is 1. The van der Waals surface area contributed by atoms with E-state index in [1.54, 1.807) is 11.8 Å². The predicted molar refractivity (Wildman–Crippen MR) is 58.9 cm³/mol. The average molecular weight is 226 g/mol. The molecule has 1 N–H and O–H groups in total. The predicted octanol–water partition coefficient (Wildman–Crippen LogP) is 1.51. The van der Waals surface area contributed by atoms with Gasteiger partial charge in [-0.1, -0.05) is 18.2 Å². The van der Waals surface area contributed by atoms with E-state index in [4.69, 9.17) is 9.47 Å². The molecule has 0 amide bonds. The van der Waals surface area contributed by atoms with E-state index in [-0.39, 0.29) is 12.0 Å². The van der Waals surface area contributed by atoms with Crippen molar-refractivity contribution in [3.05, 3.63) is 30.3 Å². The first-order valence-corrected chi connectivity index (χ1v) is 5.79. The molecule has 0 aromatic heterocycles. The number of thioether (sulfide) groups is 1. The summed E-state index contributed by atoms with van der Waals surface area (Å²) in [5.41, 5.74) is 0. The number of aliphatic hydroxyl groups is 1. The zero-order valence-electron chi connectivity index (χ0n) is 8.33.